The summed E-state index contributed by atoms with van der Waals surface area (Å²) in [4.78, 5) is 11.9. The standard InChI is InChI=1S/C18H22N2O2.ClH/c1-12(2)14-5-8-16(9-6-14)22-11-18(21)20-17-10-15(19)7-4-13(17)3;/h4-10,12H,11,19H2,1-3H3,(H,20,21);1H. The van der Waals surface area contributed by atoms with E-state index in [4.69, 9.17) is 10.5 Å². The van der Waals surface area contributed by atoms with Crippen molar-refractivity contribution in [1.29, 1.82) is 0 Å². The van der Waals surface area contributed by atoms with Crippen LogP contribution in [0.2, 0.25) is 0 Å². The molecule has 2 aromatic rings. The van der Waals surface area contributed by atoms with Crippen LogP contribution in [-0.4, -0.2) is 12.5 Å². The Bertz CT molecular complexity index is 655. The van der Waals surface area contributed by atoms with Crippen molar-refractivity contribution < 1.29 is 9.53 Å². The summed E-state index contributed by atoms with van der Waals surface area (Å²) < 4.78 is 5.50. The largest absolute Gasteiger partial charge is 0.484 e. The van der Waals surface area contributed by atoms with Gasteiger partial charge in [0.1, 0.15) is 5.75 Å². The van der Waals surface area contributed by atoms with Gasteiger partial charge in [-0.2, -0.15) is 0 Å². The normalized spacial score (nSPS) is 10.1. The van der Waals surface area contributed by atoms with Crippen LogP contribution in [0.3, 0.4) is 0 Å². The number of halogens is 1. The molecule has 124 valence electrons. The molecule has 0 fully saturated rings. The summed E-state index contributed by atoms with van der Waals surface area (Å²) in [5, 5.41) is 2.81. The van der Waals surface area contributed by atoms with Crippen LogP contribution in [0.15, 0.2) is 42.5 Å². The second-order valence-electron chi connectivity index (χ2n) is 5.63. The van der Waals surface area contributed by atoms with E-state index >= 15 is 0 Å². The number of nitrogen functional groups attached to an aromatic ring is 1. The Morgan fingerprint density at radius 2 is 1.83 bits per heavy atom. The van der Waals surface area contributed by atoms with Gasteiger partial charge in [0.15, 0.2) is 6.61 Å². The number of benzene rings is 2. The number of nitrogens with one attached hydrogen (secondary N) is 1. The Balaban J connectivity index is 0.00000264. The first-order valence-electron chi connectivity index (χ1n) is 7.34. The predicted octanol–water partition coefficient (Wildman–Crippen LogP) is 4.14. The molecule has 0 spiro atoms. The van der Waals surface area contributed by atoms with Gasteiger partial charge in [0.2, 0.25) is 0 Å². The number of ether oxygens (including phenoxy) is 1. The van der Waals surface area contributed by atoms with Crippen molar-refractivity contribution in [2.24, 2.45) is 0 Å². The SMILES string of the molecule is Cc1ccc(N)cc1NC(=O)COc1ccc(C(C)C)cc1.Cl. The van der Waals surface area contributed by atoms with Crippen LogP contribution in [0, 0.1) is 6.92 Å². The van der Waals surface area contributed by atoms with Gasteiger partial charge in [-0.3, -0.25) is 4.79 Å². The smallest absolute Gasteiger partial charge is 0.262 e. The van der Waals surface area contributed by atoms with Crippen molar-refractivity contribution in [2.75, 3.05) is 17.7 Å². The molecule has 0 aromatic heterocycles. The summed E-state index contributed by atoms with van der Waals surface area (Å²) in [7, 11) is 0. The van der Waals surface area contributed by atoms with Gasteiger partial charge in [-0.1, -0.05) is 32.0 Å². The van der Waals surface area contributed by atoms with Crippen LogP contribution in [0.4, 0.5) is 11.4 Å². The van der Waals surface area contributed by atoms with Gasteiger partial charge in [-0.05, 0) is 48.2 Å². The third-order valence-corrected chi connectivity index (χ3v) is 3.45. The van der Waals surface area contributed by atoms with Crippen LogP contribution >= 0.6 is 12.4 Å². The maximum absolute atomic E-state index is 11.9. The number of aryl methyl sites for hydroxylation is 1. The minimum Gasteiger partial charge on any atom is -0.484 e. The van der Waals surface area contributed by atoms with Gasteiger partial charge < -0.3 is 15.8 Å². The zero-order valence-corrected chi connectivity index (χ0v) is 14.4. The highest BCUT2D eigenvalue weighted by molar-refractivity contribution is 5.93. The molecule has 1 amide bonds. The lowest BCUT2D eigenvalue weighted by Gasteiger charge is -2.11. The van der Waals surface area contributed by atoms with Gasteiger partial charge in [-0.25, -0.2) is 0 Å². The van der Waals surface area contributed by atoms with Crippen LogP contribution < -0.4 is 15.8 Å². The van der Waals surface area contributed by atoms with Crippen molar-refractivity contribution in [3.05, 3.63) is 53.6 Å². The molecule has 5 heteroatoms. The van der Waals surface area contributed by atoms with E-state index in [2.05, 4.69) is 19.2 Å². The Morgan fingerprint density at radius 3 is 2.43 bits per heavy atom. The molecule has 0 aliphatic carbocycles. The Hall–Kier alpha value is -2.20. The maximum Gasteiger partial charge on any atom is 0.262 e. The Morgan fingerprint density at radius 1 is 1.17 bits per heavy atom. The van der Waals surface area contributed by atoms with E-state index in [0.717, 1.165) is 5.56 Å². The molecular formula is C18H23ClN2O2. The number of nitrogens with two attached hydrogens (primary N) is 1. The average molecular weight is 335 g/mol. The fraction of sp³-hybridized carbons (Fsp3) is 0.278. The van der Waals surface area contributed by atoms with E-state index in [1.165, 1.54) is 5.56 Å². The van der Waals surface area contributed by atoms with E-state index in [1.807, 2.05) is 37.3 Å². The molecule has 0 unspecified atom stereocenters. The topological polar surface area (TPSA) is 64.3 Å². The summed E-state index contributed by atoms with van der Waals surface area (Å²) >= 11 is 0. The first kappa shape index (κ1) is 18.8. The van der Waals surface area contributed by atoms with Gasteiger partial charge >= 0.3 is 0 Å². The highest BCUT2D eigenvalue weighted by atomic mass is 35.5. The second kappa shape index (κ2) is 8.44. The molecular weight excluding hydrogens is 312 g/mol. The fourth-order valence-electron chi connectivity index (χ4n) is 2.06. The second-order valence-corrected chi connectivity index (χ2v) is 5.63. The molecule has 0 radical (unpaired) electrons. The third kappa shape index (κ3) is 5.49. The maximum atomic E-state index is 11.9. The quantitative estimate of drug-likeness (QED) is 0.808. The van der Waals surface area contributed by atoms with Gasteiger partial charge in [0.25, 0.3) is 5.91 Å². The molecule has 4 nitrogen and oxygen atoms in total. The highest BCUT2D eigenvalue weighted by Crippen LogP contribution is 2.20. The summed E-state index contributed by atoms with van der Waals surface area (Å²) in [6, 6.07) is 13.2. The minimum atomic E-state index is -0.207. The Labute approximate surface area is 143 Å². The first-order valence-corrected chi connectivity index (χ1v) is 7.34. The number of rotatable bonds is 5. The average Bonchev–Trinajstić information content (AvgIpc) is 2.49. The number of anilines is 2. The van der Waals surface area contributed by atoms with Crippen LogP contribution in [-0.2, 0) is 4.79 Å². The molecule has 0 atom stereocenters. The first-order chi connectivity index (χ1) is 10.5. The number of hydrogen-bond acceptors (Lipinski definition) is 3. The van der Waals surface area contributed by atoms with Crippen LogP contribution in [0.1, 0.15) is 30.9 Å². The lowest BCUT2D eigenvalue weighted by molar-refractivity contribution is -0.118. The number of carbonyl (C=O) groups excluding carboxylic acids is 1. The van der Waals surface area contributed by atoms with Gasteiger partial charge in [0, 0.05) is 11.4 Å². The Kier molecular flexibility index (Phi) is 6.91. The minimum absolute atomic E-state index is 0. The molecule has 2 aromatic carbocycles. The summed E-state index contributed by atoms with van der Waals surface area (Å²) in [5.74, 6) is 0.953. The molecule has 3 N–H and O–H groups in total. The molecule has 0 saturated carbocycles. The summed E-state index contributed by atoms with van der Waals surface area (Å²) in [6.45, 7) is 6.16. The summed E-state index contributed by atoms with van der Waals surface area (Å²) in [6.07, 6.45) is 0. The van der Waals surface area contributed by atoms with Gasteiger partial charge in [0.05, 0.1) is 0 Å². The zero-order chi connectivity index (χ0) is 16.1. The lowest BCUT2D eigenvalue weighted by atomic mass is 10.0. The molecule has 23 heavy (non-hydrogen) atoms. The van der Waals surface area contributed by atoms with E-state index in [0.29, 0.717) is 23.0 Å². The van der Waals surface area contributed by atoms with Crippen molar-refractivity contribution >= 4 is 29.7 Å². The predicted molar refractivity (Wildman–Crippen MR) is 97.5 cm³/mol. The van der Waals surface area contributed by atoms with Crippen molar-refractivity contribution in [1.82, 2.24) is 0 Å². The van der Waals surface area contributed by atoms with Crippen molar-refractivity contribution in [3.63, 3.8) is 0 Å². The van der Waals surface area contributed by atoms with Gasteiger partial charge in [-0.15, -0.1) is 12.4 Å². The molecule has 0 saturated heterocycles. The van der Waals surface area contributed by atoms with E-state index in [9.17, 15) is 4.79 Å². The van der Waals surface area contributed by atoms with E-state index in [1.54, 1.807) is 12.1 Å². The zero-order valence-electron chi connectivity index (χ0n) is 13.6. The molecule has 2 rings (SSSR count). The number of carbonyl (C=O) groups is 1. The molecule has 0 bridgehead atoms. The van der Waals surface area contributed by atoms with Crippen molar-refractivity contribution in [2.45, 2.75) is 26.7 Å². The fourth-order valence-corrected chi connectivity index (χ4v) is 2.06. The van der Waals surface area contributed by atoms with Crippen LogP contribution in [0.25, 0.3) is 0 Å². The summed E-state index contributed by atoms with van der Waals surface area (Å²) in [5.41, 5.74) is 9.26. The van der Waals surface area contributed by atoms with Crippen LogP contribution in [0.5, 0.6) is 5.75 Å². The van der Waals surface area contributed by atoms with E-state index in [-0.39, 0.29) is 24.9 Å². The number of hydrogen-bond donors (Lipinski definition) is 2. The van der Waals surface area contributed by atoms with Crippen molar-refractivity contribution in [3.8, 4) is 5.75 Å². The third-order valence-electron chi connectivity index (χ3n) is 3.45. The highest BCUT2D eigenvalue weighted by Gasteiger charge is 2.07. The monoisotopic (exact) mass is 334 g/mol. The molecule has 0 aliphatic heterocycles. The number of amides is 1. The molecule has 0 heterocycles. The lowest BCUT2D eigenvalue weighted by Crippen LogP contribution is -2.20. The molecule has 0 aliphatic rings. The van der Waals surface area contributed by atoms with E-state index < -0.39 is 0 Å².